The molecule has 1 nitrogen and oxygen atoms in total. The van der Waals surface area contributed by atoms with Crippen molar-refractivity contribution in [3.8, 4) is 11.8 Å². The Morgan fingerprint density at radius 2 is 1.74 bits per heavy atom. The lowest BCUT2D eigenvalue weighted by atomic mass is 9.69. The van der Waals surface area contributed by atoms with Gasteiger partial charge in [0, 0.05) is 11.1 Å². The minimum atomic E-state index is -0.764. The fourth-order valence-corrected chi connectivity index (χ4v) is 5.39. The molecule has 2 atom stereocenters. The normalized spacial score (nSPS) is 24.7. The topological polar surface area (TPSA) is 12.4 Å². The van der Waals surface area contributed by atoms with E-state index in [4.69, 9.17) is 0 Å². The first-order valence-electron chi connectivity index (χ1n) is 11.7. The van der Waals surface area contributed by atoms with Gasteiger partial charge in [0.25, 0.3) is 0 Å². The number of rotatable bonds is 5. The van der Waals surface area contributed by atoms with E-state index in [9.17, 15) is 8.78 Å². The van der Waals surface area contributed by atoms with Crippen LogP contribution in [-0.2, 0) is 0 Å². The molecule has 0 aliphatic heterocycles. The van der Waals surface area contributed by atoms with E-state index in [1.54, 1.807) is 0 Å². The summed E-state index contributed by atoms with van der Waals surface area (Å²) >= 11 is 4.44. The quantitative estimate of drug-likeness (QED) is 0.254. The van der Waals surface area contributed by atoms with E-state index in [1.165, 1.54) is 62.7 Å². The number of isothiocyanates is 1. The van der Waals surface area contributed by atoms with Crippen molar-refractivity contribution in [3.05, 3.63) is 40.5 Å². The molecule has 4 heteroatoms. The molecule has 1 aromatic rings. The number of thiocarbonyl (C=S) groups is 1. The van der Waals surface area contributed by atoms with Gasteiger partial charge in [0.2, 0.25) is 0 Å². The van der Waals surface area contributed by atoms with Crippen molar-refractivity contribution >= 4 is 23.1 Å². The number of allylic oxidation sites excluding steroid dienone is 2. The second-order valence-electron chi connectivity index (χ2n) is 9.53. The Hall–Kier alpha value is -1.82. The molecule has 2 unspecified atom stereocenters. The maximum absolute atomic E-state index is 14.0. The fourth-order valence-electron chi connectivity index (χ4n) is 5.30. The highest BCUT2D eigenvalue weighted by Gasteiger charge is 2.30. The summed E-state index contributed by atoms with van der Waals surface area (Å²) in [5, 5.41) is 2.00. The second-order valence-corrected chi connectivity index (χ2v) is 9.72. The molecule has 0 saturated heterocycles. The number of nitrogens with zero attached hydrogens (tertiary/aromatic N) is 1. The Labute approximate surface area is 191 Å². The lowest BCUT2D eigenvalue weighted by molar-refractivity contribution is 0.174. The zero-order chi connectivity index (χ0) is 22.4. The van der Waals surface area contributed by atoms with Gasteiger partial charge in [-0.3, -0.25) is 0 Å². The molecule has 31 heavy (non-hydrogen) atoms. The van der Waals surface area contributed by atoms with Gasteiger partial charge in [-0.15, -0.1) is 0 Å². The van der Waals surface area contributed by atoms with Crippen LogP contribution in [0.3, 0.4) is 0 Å². The molecule has 0 aromatic heterocycles. The predicted molar refractivity (Wildman–Crippen MR) is 127 cm³/mol. The van der Waals surface area contributed by atoms with Crippen molar-refractivity contribution in [2.24, 2.45) is 28.7 Å². The molecular formula is C27H33F2NS. The maximum Gasteiger partial charge on any atom is 0.153 e. The van der Waals surface area contributed by atoms with Gasteiger partial charge >= 0.3 is 0 Å². The first kappa shape index (κ1) is 23.8. The monoisotopic (exact) mass is 441 g/mol. The number of hydrogen-bond donors (Lipinski definition) is 0. The third kappa shape index (κ3) is 6.34. The molecule has 3 rings (SSSR count). The molecule has 2 aliphatic carbocycles. The van der Waals surface area contributed by atoms with Crippen LogP contribution in [0.5, 0.6) is 0 Å². The average Bonchev–Trinajstić information content (AvgIpc) is 2.76. The summed E-state index contributed by atoms with van der Waals surface area (Å²) in [5.41, 5.74) is 2.38. The van der Waals surface area contributed by atoms with Gasteiger partial charge in [0.1, 0.15) is 5.69 Å². The standard InChI is InChI=1S/C27H33F2NS/c1-4-18(2)13-20-5-9-23(10-6-20)24-12-11-22(19(3)14-24)8-7-21-15-25(28)27(30-17-31)26(29)16-21/h15-16,18,20,23-24H,4-6,9-14H2,1-3H3. The van der Waals surface area contributed by atoms with Crippen LogP contribution in [0.15, 0.2) is 28.3 Å². The molecule has 0 spiro atoms. The van der Waals surface area contributed by atoms with Gasteiger partial charge in [0.05, 0.1) is 5.16 Å². The van der Waals surface area contributed by atoms with Crippen molar-refractivity contribution < 1.29 is 8.78 Å². The van der Waals surface area contributed by atoms with Gasteiger partial charge in [-0.1, -0.05) is 50.5 Å². The smallest absolute Gasteiger partial charge is 0.153 e. The Morgan fingerprint density at radius 1 is 1.06 bits per heavy atom. The number of hydrogen-bond acceptors (Lipinski definition) is 2. The minimum Gasteiger partial charge on any atom is -0.204 e. The van der Waals surface area contributed by atoms with Crippen molar-refractivity contribution in [2.45, 2.75) is 78.6 Å². The molecule has 2 aliphatic rings. The van der Waals surface area contributed by atoms with Crippen LogP contribution in [0.25, 0.3) is 0 Å². The molecule has 1 saturated carbocycles. The lowest BCUT2D eigenvalue weighted by Crippen LogP contribution is -2.25. The number of benzene rings is 1. The zero-order valence-corrected chi connectivity index (χ0v) is 19.8. The Kier molecular flexibility index (Phi) is 8.58. The molecule has 0 N–H and O–H groups in total. The molecule has 166 valence electrons. The van der Waals surface area contributed by atoms with Crippen molar-refractivity contribution in [2.75, 3.05) is 0 Å². The highest BCUT2D eigenvalue weighted by atomic mass is 32.1. The fraction of sp³-hybridized carbons (Fsp3) is 0.593. The average molecular weight is 442 g/mol. The highest BCUT2D eigenvalue weighted by Crippen LogP contribution is 2.42. The highest BCUT2D eigenvalue weighted by molar-refractivity contribution is 7.78. The molecule has 0 heterocycles. The van der Waals surface area contributed by atoms with E-state index in [0.717, 1.165) is 42.1 Å². The summed E-state index contributed by atoms with van der Waals surface area (Å²) in [4.78, 5) is 3.44. The van der Waals surface area contributed by atoms with Crippen LogP contribution in [0.4, 0.5) is 14.5 Å². The predicted octanol–water partition coefficient (Wildman–Crippen LogP) is 8.41. The lowest BCUT2D eigenvalue weighted by Gasteiger charge is -2.37. The second kappa shape index (κ2) is 11.2. The van der Waals surface area contributed by atoms with E-state index in [-0.39, 0.29) is 0 Å². The first-order valence-corrected chi connectivity index (χ1v) is 12.1. The van der Waals surface area contributed by atoms with Crippen LogP contribution in [-0.4, -0.2) is 5.16 Å². The van der Waals surface area contributed by atoms with Crippen molar-refractivity contribution in [3.63, 3.8) is 0 Å². The van der Waals surface area contributed by atoms with Gasteiger partial charge in [-0.25, -0.2) is 8.78 Å². The Bertz CT molecular complexity index is 901. The molecule has 0 amide bonds. The summed E-state index contributed by atoms with van der Waals surface area (Å²) in [7, 11) is 0. The summed E-state index contributed by atoms with van der Waals surface area (Å²) in [6, 6.07) is 2.42. The summed E-state index contributed by atoms with van der Waals surface area (Å²) < 4.78 is 28.0. The molecular weight excluding hydrogens is 408 g/mol. The van der Waals surface area contributed by atoms with Crippen LogP contribution >= 0.6 is 12.2 Å². The molecule has 1 aromatic carbocycles. The number of aliphatic imine (C=N–C) groups is 1. The third-order valence-corrected chi connectivity index (χ3v) is 7.46. The zero-order valence-electron chi connectivity index (χ0n) is 18.9. The van der Waals surface area contributed by atoms with E-state index in [1.807, 2.05) is 5.16 Å². The van der Waals surface area contributed by atoms with Crippen molar-refractivity contribution in [1.29, 1.82) is 0 Å². The van der Waals surface area contributed by atoms with E-state index >= 15 is 0 Å². The van der Waals surface area contributed by atoms with Gasteiger partial charge in [0.15, 0.2) is 11.6 Å². The van der Waals surface area contributed by atoms with Crippen LogP contribution in [0.2, 0.25) is 0 Å². The van der Waals surface area contributed by atoms with Crippen LogP contribution in [0.1, 0.15) is 84.1 Å². The largest absolute Gasteiger partial charge is 0.204 e. The minimum absolute atomic E-state index is 0.320. The third-order valence-electron chi connectivity index (χ3n) is 7.37. The summed E-state index contributed by atoms with van der Waals surface area (Å²) in [6.45, 7) is 6.85. The van der Waals surface area contributed by atoms with E-state index in [2.05, 4.69) is 49.8 Å². The first-order chi connectivity index (χ1) is 14.9. The van der Waals surface area contributed by atoms with Gasteiger partial charge in [-0.05, 0) is 93.5 Å². The summed E-state index contributed by atoms with van der Waals surface area (Å²) in [6.07, 6.45) is 11.5. The van der Waals surface area contributed by atoms with Gasteiger partial charge < -0.3 is 0 Å². The van der Waals surface area contributed by atoms with Crippen LogP contribution < -0.4 is 0 Å². The van der Waals surface area contributed by atoms with Crippen molar-refractivity contribution in [1.82, 2.24) is 0 Å². The van der Waals surface area contributed by atoms with Gasteiger partial charge in [-0.2, -0.15) is 4.99 Å². The molecule has 0 radical (unpaired) electrons. The molecule has 0 bridgehead atoms. The Morgan fingerprint density at radius 3 is 2.32 bits per heavy atom. The maximum atomic E-state index is 14.0. The molecule has 1 fully saturated rings. The van der Waals surface area contributed by atoms with Crippen LogP contribution in [0, 0.1) is 47.1 Å². The number of halogens is 2. The van der Waals surface area contributed by atoms with E-state index in [0.29, 0.717) is 5.56 Å². The van der Waals surface area contributed by atoms with E-state index < -0.39 is 17.3 Å². The summed E-state index contributed by atoms with van der Waals surface area (Å²) in [5.74, 6) is 7.98. The SMILES string of the molecule is CCC(C)CC1CCC(C2CCC(C#Cc3cc(F)c(N=C=S)c(F)c3)=C(C)C2)CC1. The Balaban J connectivity index is 1.61.